The van der Waals surface area contributed by atoms with Crippen molar-refractivity contribution < 1.29 is 0 Å². The van der Waals surface area contributed by atoms with E-state index >= 15 is 0 Å². The van der Waals surface area contributed by atoms with Gasteiger partial charge in [-0.1, -0.05) is 18.2 Å². The van der Waals surface area contributed by atoms with Gasteiger partial charge < -0.3 is 5.32 Å². The number of halogens is 1. The van der Waals surface area contributed by atoms with Crippen LogP contribution in [0.1, 0.15) is 0 Å². The summed E-state index contributed by atoms with van der Waals surface area (Å²) in [5, 5.41) is 3.18. The van der Waals surface area contributed by atoms with Crippen LogP contribution in [0.3, 0.4) is 0 Å². The van der Waals surface area contributed by atoms with Crippen molar-refractivity contribution in [1.29, 1.82) is 0 Å². The third kappa shape index (κ3) is 2.26. The fourth-order valence-corrected chi connectivity index (χ4v) is 1.36. The third-order valence-electron chi connectivity index (χ3n) is 1.82. The minimum Gasteiger partial charge on any atom is -0.342 e. The second-order valence-electron chi connectivity index (χ2n) is 2.92. The molecule has 3 nitrogen and oxygen atoms in total. The quantitative estimate of drug-likeness (QED) is 0.717. The number of nitrogens with zero attached hydrogens (tertiary/aromatic N) is 2. The summed E-state index contributed by atoms with van der Waals surface area (Å²) in [7, 11) is 0. The predicted octanol–water partition coefficient (Wildman–Crippen LogP) is 2.44. The fraction of sp³-hybridized carbons (Fsp3) is 0.100. The van der Waals surface area contributed by atoms with Gasteiger partial charge in [0, 0.05) is 29.9 Å². The van der Waals surface area contributed by atoms with Crippen LogP contribution in [0.5, 0.6) is 0 Å². The maximum Gasteiger partial charge on any atom is 0.127 e. The molecule has 1 aliphatic rings. The van der Waals surface area contributed by atoms with Crippen molar-refractivity contribution in [1.82, 2.24) is 4.42 Å². The summed E-state index contributed by atoms with van der Waals surface area (Å²) in [5.41, 5.74) is 1.02. The molecule has 2 rings (SSSR count). The number of rotatable bonds is 1. The Morgan fingerprint density at radius 1 is 1.29 bits per heavy atom. The van der Waals surface area contributed by atoms with Crippen LogP contribution in [0, 0.1) is 0 Å². The minimum atomic E-state index is 0.590. The summed E-state index contributed by atoms with van der Waals surface area (Å²) in [6, 6.07) is 9.89. The van der Waals surface area contributed by atoms with E-state index in [9.17, 15) is 0 Å². The number of benzene rings is 1. The Kier molecular flexibility index (Phi) is 2.70. The minimum absolute atomic E-state index is 0.590. The lowest BCUT2D eigenvalue weighted by atomic mass is 10.3. The average Bonchev–Trinajstić information content (AvgIpc) is 2.19. The molecule has 1 N–H and O–H groups in total. The van der Waals surface area contributed by atoms with Crippen LogP contribution >= 0.6 is 11.8 Å². The van der Waals surface area contributed by atoms with E-state index < -0.39 is 0 Å². The largest absolute Gasteiger partial charge is 0.342 e. The molecule has 0 saturated heterocycles. The van der Waals surface area contributed by atoms with E-state index in [1.165, 1.54) is 0 Å². The van der Waals surface area contributed by atoms with Crippen LogP contribution in [0.25, 0.3) is 0 Å². The molecule has 0 radical (unpaired) electrons. The normalized spacial score (nSPS) is 15.2. The highest BCUT2D eigenvalue weighted by atomic mass is 35.5. The van der Waals surface area contributed by atoms with Crippen molar-refractivity contribution in [3.8, 4) is 0 Å². The molecule has 0 spiro atoms. The van der Waals surface area contributed by atoms with Gasteiger partial charge in [-0.25, -0.2) is 4.99 Å². The molecule has 0 amide bonds. The Hall–Kier alpha value is -1.48. The molecule has 0 unspecified atom stereocenters. The number of amidine groups is 1. The van der Waals surface area contributed by atoms with Gasteiger partial charge in [-0.15, -0.1) is 0 Å². The Bertz CT molecular complexity index is 359. The maximum atomic E-state index is 5.80. The van der Waals surface area contributed by atoms with Crippen LogP contribution in [-0.4, -0.2) is 16.8 Å². The third-order valence-corrected chi connectivity index (χ3v) is 2.05. The van der Waals surface area contributed by atoms with Crippen LogP contribution in [-0.2, 0) is 0 Å². The standard InChI is InChI=1S/C10H10ClN3/c11-14-7-6-12-10(8-14)13-9-4-2-1-3-5-9/h1-7H,8H2,(H,12,13). The van der Waals surface area contributed by atoms with Crippen molar-refractivity contribution >= 4 is 23.3 Å². The number of anilines is 1. The van der Waals surface area contributed by atoms with Crippen LogP contribution in [0.2, 0.25) is 0 Å². The molecule has 1 heterocycles. The predicted molar refractivity (Wildman–Crippen MR) is 59.2 cm³/mol. The first kappa shape index (κ1) is 9.09. The Balaban J connectivity index is 2.05. The van der Waals surface area contributed by atoms with E-state index in [1.807, 2.05) is 30.3 Å². The van der Waals surface area contributed by atoms with E-state index in [0.29, 0.717) is 6.54 Å². The zero-order valence-corrected chi connectivity index (χ0v) is 8.28. The molecule has 0 fully saturated rings. The first-order chi connectivity index (χ1) is 6.84. The lowest BCUT2D eigenvalue weighted by Gasteiger charge is -2.16. The number of nitrogens with one attached hydrogen (secondary N) is 1. The summed E-state index contributed by atoms with van der Waals surface area (Å²) < 4.78 is 1.55. The Morgan fingerprint density at radius 2 is 2.07 bits per heavy atom. The van der Waals surface area contributed by atoms with Gasteiger partial charge in [0.15, 0.2) is 0 Å². The maximum absolute atomic E-state index is 5.80. The molecule has 1 aromatic carbocycles. The van der Waals surface area contributed by atoms with Crippen molar-refractivity contribution in [2.75, 3.05) is 11.9 Å². The van der Waals surface area contributed by atoms with Crippen molar-refractivity contribution in [3.05, 3.63) is 42.7 Å². The van der Waals surface area contributed by atoms with Gasteiger partial charge in [-0.3, -0.25) is 4.42 Å². The summed E-state index contributed by atoms with van der Waals surface area (Å²) >= 11 is 5.80. The van der Waals surface area contributed by atoms with Crippen LogP contribution in [0.15, 0.2) is 47.7 Å². The zero-order chi connectivity index (χ0) is 9.80. The van der Waals surface area contributed by atoms with E-state index in [-0.39, 0.29) is 0 Å². The molecule has 72 valence electrons. The summed E-state index contributed by atoms with van der Waals surface area (Å²) in [5.74, 6) is 0.841. The van der Waals surface area contributed by atoms with Gasteiger partial charge in [0.1, 0.15) is 5.84 Å². The molecule has 14 heavy (non-hydrogen) atoms. The lowest BCUT2D eigenvalue weighted by Crippen LogP contribution is -2.25. The Labute approximate surface area is 87.8 Å². The van der Waals surface area contributed by atoms with E-state index in [1.54, 1.807) is 16.8 Å². The number of para-hydroxylation sites is 1. The highest BCUT2D eigenvalue weighted by Gasteiger charge is 2.06. The van der Waals surface area contributed by atoms with Crippen LogP contribution in [0.4, 0.5) is 5.69 Å². The molecule has 4 heteroatoms. The second kappa shape index (κ2) is 4.15. The first-order valence-corrected chi connectivity index (χ1v) is 4.66. The summed E-state index contributed by atoms with van der Waals surface area (Å²) in [6.07, 6.45) is 3.39. The monoisotopic (exact) mass is 207 g/mol. The first-order valence-electron chi connectivity index (χ1n) is 4.32. The molecular weight excluding hydrogens is 198 g/mol. The van der Waals surface area contributed by atoms with Crippen molar-refractivity contribution in [3.63, 3.8) is 0 Å². The van der Waals surface area contributed by atoms with Gasteiger partial charge in [-0.2, -0.15) is 0 Å². The topological polar surface area (TPSA) is 27.6 Å². The van der Waals surface area contributed by atoms with E-state index in [4.69, 9.17) is 11.8 Å². The average molecular weight is 208 g/mol. The second-order valence-corrected chi connectivity index (χ2v) is 3.36. The van der Waals surface area contributed by atoms with Gasteiger partial charge in [0.2, 0.25) is 0 Å². The molecule has 0 bridgehead atoms. The molecule has 0 atom stereocenters. The Morgan fingerprint density at radius 3 is 2.79 bits per heavy atom. The van der Waals surface area contributed by atoms with Crippen LogP contribution < -0.4 is 5.32 Å². The van der Waals surface area contributed by atoms with Gasteiger partial charge in [0.25, 0.3) is 0 Å². The van der Waals surface area contributed by atoms with Gasteiger partial charge in [-0.05, 0) is 12.1 Å². The van der Waals surface area contributed by atoms with Gasteiger partial charge in [0.05, 0.1) is 6.54 Å². The lowest BCUT2D eigenvalue weighted by molar-refractivity contribution is 0.684. The smallest absolute Gasteiger partial charge is 0.127 e. The molecule has 0 aromatic heterocycles. The highest BCUT2D eigenvalue weighted by molar-refractivity contribution is 6.16. The molecule has 0 saturated carbocycles. The fourth-order valence-electron chi connectivity index (χ4n) is 1.19. The number of aliphatic imine (C=N–C) groups is 1. The molecule has 0 aliphatic carbocycles. The molecule has 1 aliphatic heterocycles. The molecule has 1 aromatic rings. The van der Waals surface area contributed by atoms with Gasteiger partial charge >= 0.3 is 0 Å². The van der Waals surface area contributed by atoms with E-state index in [0.717, 1.165) is 11.5 Å². The number of hydrogen-bond donors (Lipinski definition) is 1. The molecular formula is C10H10ClN3. The van der Waals surface area contributed by atoms with Crippen molar-refractivity contribution in [2.24, 2.45) is 4.99 Å². The SMILES string of the molecule is ClN1C=CN=C(Nc2ccccc2)C1. The van der Waals surface area contributed by atoms with Crippen molar-refractivity contribution in [2.45, 2.75) is 0 Å². The highest BCUT2D eigenvalue weighted by Crippen LogP contribution is 2.08. The summed E-state index contributed by atoms with van der Waals surface area (Å²) in [6.45, 7) is 0.590. The summed E-state index contributed by atoms with van der Waals surface area (Å²) in [4.78, 5) is 4.17. The number of hydrogen-bond acceptors (Lipinski definition) is 3. The zero-order valence-electron chi connectivity index (χ0n) is 7.52. The van der Waals surface area contributed by atoms with E-state index in [2.05, 4.69) is 10.3 Å².